The van der Waals surface area contributed by atoms with Gasteiger partial charge < -0.3 is 4.74 Å². The Labute approximate surface area is 132 Å². The number of nitrogens with zero attached hydrogens (tertiary/aromatic N) is 1. The average Bonchev–Trinajstić information content (AvgIpc) is 2.75. The number of ether oxygens (including phenoxy) is 1. The van der Waals surface area contributed by atoms with Gasteiger partial charge >= 0.3 is 0 Å². The number of methoxy groups -OCH3 is 1. The van der Waals surface area contributed by atoms with Crippen molar-refractivity contribution < 1.29 is 9.53 Å². The van der Waals surface area contributed by atoms with Crippen LogP contribution in [0.4, 0.5) is 0 Å². The Morgan fingerprint density at radius 2 is 1.90 bits per heavy atom. The number of hydrogen-bond donors (Lipinski definition) is 0. The fraction of sp³-hybridized carbons (Fsp3) is 0.125. The second-order valence-electron chi connectivity index (χ2n) is 4.64. The van der Waals surface area contributed by atoms with E-state index in [1.54, 1.807) is 14.2 Å². The van der Waals surface area contributed by atoms with Gasteiger partial charge in [-0.1, -0.05) is 54.3 Å². The Morgan fingerprint density at radius 1 is 1.19 bits per heavy atom. The van der Waals surface area contributed by atoms with E-state index in [2.05, 4.69) is 0 Å². The summed E-state index contributed by atoms with van der Waals surface area (Å²) in [4.78, 5) is 14.3. The predicted octanol–water partition coefficient (Wildman–Crippen LogP) is 3.68. The van der Waals surface area contributed by atoms with Crippen LogP contribution >= 0.6 is 24.0 Å². The highest BCUT2D eigenvalue weighted by atomic mass is 32.2. The molecule has 1 aliphatic heterocycles. The first-order valence-electron chi connectivity index (χ1n) is 6.39. The van der Waals surface area contributed by atoms with Crippen molar-refractivity contribution in [3.05, 3.63) is 46.9 Å². The van der Waals surface area contributed by atoms with Crippen LogP contribution in [0.1, 0.15) is 5.56 Å². The first-order chi connectivity index (χ1) is 10.1. The molecule has 0 aromatic heterocycles. The van der Waals surface area contributed by atoms with Gasteiger partial charge in [-0.25, -0.2) is 0 Å². The lowest BCUT2D eigenvalue weighted by atomic mass is 10.0. The topological polar surface area (TPSA) is 29.5 Å². The second-order valence-corrected chi connectivity index (χ2v) is 6.32. The fourth-order valence-electron chi connectivity index (χ4n) is 2.29. The summed E-state index contributed by atoms with van der Waals surface area (Å²) in [6.45, 7) is 0. The van der Waals surface area contributed by atoms with Crippen molar-refractivity contribution in [2.24, 2.45) is 0 Å². The molecule has 1 amide bonds. The standard InChI is InChI=1S/C16H13NO2S2/c1-17-15(18)14(21-16(17)20)9-10-7-8-13(19-2)12-6-4-3-5-11(10)12/h3-9H,1-2H3. The van der Waals surface area contributed by atoms with Gasteiger partial charge in [0, 0.05) is 12.4 Å². The predicted molar refractivity (Wildman–Crippen MR) is 91.4 cm³/mol. The smallest absolute Gasteiger partial charge is 0.265 e. The van der Waals surface area contributed by atoms with Crippen LogP contribution < -0.4 is 4.74 Å². The van der Waals surface area contributed by atoms with Crippen LogP contribution in [0.5, 0.6) is 5.75 Å². The number of fused-ring (bicyclic) bond motifs is 1. The zero-order chi connectivity index (χ0) is 15.0. The van der Waals surface area contributed by atoms with Gasteiger partial charge in [0.25, 0.3) is 5.91 Å². The van der Waals surface area contributed by atoms with Gasteiger partial charge in [-0.2, -0.15) is 0 Å². The minimum absolute atomic E-state index is 0.0510. The molecule has 1 fully saturated rings. The lowest BCUT2D eigenvalue weighted by Crippen LogP contribution is -2.22. The van der Waals surface area contributed by atoms with Crippen LogP contribution in [-0.2, 0) is 4.79 Å². The highest BCUT2D eigenvalue weighted by Gasteiger charge is 2.28. The maximum atomic E-state index is 12.1. The van der Waals surface area contributed by atoms with Crippen LogP contribution in [0, 0.1) is 0 Å². The van der Waals surface area contributed by atoms with Gasteiger partial charge in [-0.15, -0.1) is 0 Å². The van der Waals surface area contributed by atoms with Crippen LogP contribution in [0.25, 0.3) is 16.8 Å². The van der Waals surface area contributed by atoms with Gasteiger partial charge in [-0.3, -0.25) is 9.69 Å². The normalized spacial score (nSPS) is 17.0. The maximum Gasteiger partial charge on any atom is 0.265 e. The number of thiocarbonyl (C=S) groups is 1. The number of thioether (sulfide) groups is 1. The summed E-state index contributed by atoms with van der Waals surface area (Å²) in [5.74, 6) is 0.774. The molecule has 106 valence electrons. The first-order valence-corrected chi connectivity index (χ1v) is 7.61. The van der Waals surface area contributed by atoms with E-state index in [1.807, 2.05) is 42.5 Å². The number of rotatable bonds is 2. The number of amides is 1. The number of carbonyl (C=O) groups is 1. The van der Waals surface area contributed by atoms with Crippen LogP contribution in [-0.4, -0.2) is 29.3 Å². The summed E-state index contributed by atoms with van der Waals surface area (Å²) >= 11 is 6.49. The molecule has 1 saturated heterocycles. The summed E-state index contributed by atoms with van der Waals surface area (Å²) in [5.41, 5.74) is 0.986. The van der Waals surface area contributed by atoms with E-state index in [4.69, 9.17) is 17.0 Å². The third-order valence-corrected chi connectivity index (χ3v) is 4.90. The monoisotopic (exact) mass is 315 g/mol. The molecular formula is C16H13NO2S2. The minimum Gasteiger partial charge on any atom is -0.496 e. The third kappa shape index (κ3) is 2.43. The minimum atomic E-state index is -0.0510. The number of likely N-dealkylation sites (N-methyl/N-ethyl adjacent to an activating group) is 1. The Balaban J connectivity index is 2.14. The van der Waals surface area contributed by atoms with Gasteiger partial charge in [-0.05, 0) is 23.1 Å². The van der Waals surface area contributed by atoms with Crippen molar-refractivity contribution in [1.29, 1.82) is 0 Å². The van der Waals surface area contributed by atoms with Gasteiger partial charge in [0.1, 0.15) is 10.1 Å². The van der Waals surface area contributed by atoms with Crippen molar-refractivity contribution in [2.45, 2.75) is 0 Å². The molecule has 3 rings (SSSR count). The molecule has 0 unspecified atom stereocenters. The molecule has 0 radical (unpaired) electrons. The van der Waals surface area contributed by atoms with Gasteiger partial charge in [0.2, 0.25) is 0 Å². The maximum absolute atomic E-state index is 12.1. The van der Waals surface area contributed by atoms with E-state index in [0.717, 1.165) is 22.1 Å². The SMILES string of the molecule is COc1ccc(C=C2SC(=S)N(C)C2=O)c2ccccc12. The van der Waals surface area contributed by atoms with Crippen molar-refractivity contribution >= 4 is 51.1 Å². The molecule has 2 aromatic rings. The Kier molecular flexibility index (Phi) is 3.69. The number of benzene rings is 2. The third-order valence-electron chi connectivity index (χ3n) is 3.41. The molecule has 0 atom stereocenters. The molecule has 0 bridgehead atoms. The van der Waals surface area contributed by atoms with Crippen LogP contribution in [0.2, 0.25) is 0 Å². The van der Waals surface area contributed by atoms with E-state index < -0.39 is 0 Å². The molecular weight excluding hydrogens is 302 g/mol. The zero-order valence-electron chi connectivity index (χ0n) is 11.6. The van der Waals surface area contributed by atoms with E-state index in [-0.39, 0.29) is 5.91 Å². The van der Waals surface area contributed by atoms with E-state index >= 15 is 0 Å². The highest BCUT2D eigenvalue weighted by Crippen LogP contribution is 2.34. The largest absolute Gasteiger partial charge is 0.496 e. The highest BCUT2D eigenvalue weighted by molar-refractivity contribution is 8.26. The van der Waals surface area contributed by atoms with Crippen LogP contribution in [0.3, 0.4) is 0 Å². The Bertz CT molecular complexity index is 783. The van der Waals surface area contributed by atoms with E-state index in [9.17, 15) is 4.79 Å². The average molecular weight is 315 g/mol. The molecule has 1 heterocycles. The Morgan fingerprint density at radius 3 is 2.52 bits per heavy atom. The summed E-state index contributed by atoms with van der Waals surface area (Å²) in [5, 5.41) is 2.08. The van der Waals surface area contributed by atoms with Crippen LogP contribution in [0.15, 0.2) is 41.3 Å². The lowest BCUT2D eigenvalue weighted by molar-refractivity contribution is -0.121. The zero-order valence-corrected chi connectivity index (χ0v) is 13.3. The fourth-order valence-corrected chi connectivity index (χ4v) is 3.46. The molecule has 21 heavy (non-hydrogen) atoms. The quantitative estimate of drug-likeness (QED) is 0.624. The number of hydrogen-bond acceptors (Lipinski definition) is 4. The van der Waals surface area contributed by atoms with Crippen molar-refractivity contribution in [3.63, 3.8) is 0 Å². The summed E-state index contributed by atoms with van der Waals surface area (Å²) in [6.07, 6.45) is 1.89. The molecule has 0 spiro atoms. The summed E-state index contributed by atoms with van der Waals surface area (Å²) < 4.78 is 5.97. The number of carbonyl (C=O) groups excluding carboxylic acids is 1. The lowest BCUT2D eigenvalue weighted by Gasteiger charge is -2.08. The molecule has 0 aliphatic carbocycles. The molecule has 3 nitrogen and oxygen atoms in total. The molecule has 2 aromatic carbocycles. The van der Waals surface area contributed by atoms with Crippen molar-refractivity contribution in [3.8, 4) is 5.75 Å². The molecule has 0 N–H and O–H groups in total. The van der Waals surface area contributed by atoms with Gasteiger partial charge in [0.05, 0.1) is 12.0 Å². The van der Waals surface area contributed by atoms with E-state index in [1.165, 1.54) is 16.7 Å². The molecule has 1 aliphatic rings. The summed E-state index contributed by atoms with van der Waals surface area (Å²) in [6, 6.07) is 11.9. The summed E-state index contributed by atoms with van der Waals surface area (Å²) in [7, 11) is 3.36. The Hall–Kier alpha value is -1.85. The molecule has 5 heteroatoms. The first kappa shape index (κ1) is 14.1. The van der Waals surface area contributed by atoms with E-state index in [0.29, 0.717) is 9.23 Å². The van der Waals surface area contributed by atoms with Crippen molar-refractivity contribution in [2.75, 3.05) is 14.2 Å². The molecule has 0 saturated carbocycles. The van der Waals surface area contributed by atoms with Crippen molar-refractivity contribution in [1.82, 2.24) is 4.90 Å². The van der Waals surface area contributed by atoms with Gasteiger partial charge in [0.15, 0.2) is 0 Å². The second kappa shape index (κ2) is 5.50.